The lowest BCUT2D eigenvalue weighted by Gasteiger charge is -2.36. The zero-order valence-corrected chi connectivity index (χ0v) is 11.6. The third-order valence-corrected chi connectivity index (χ3v) is 3.94. The van der Waals surface area contributed by atoms with Crippen molar-refractivity contribution in [1.82, 2.24) is 0 Å². The summed E-state index contributed by atoms with van der Waals surface area (Å²) in [6.07, 6.45) is 3.20. The average molecular weight is 248 g/mol. The van der Waals surface area contributed by atoms with E-state index in [1.807, 2.05) is 6.92 Å². The molecule has 1 aromatic rings. The molecule has 1 fully saturated rings. The van der Waals surface area contributed by atoms with Crippen molar-refractivity contribution in [3.8, 4) is 0 Å². The van der Waals surface area contributed by atoms with Gasteiger partial charge < -0.3 is 9.84 Å². The minimum absolute atomic E-state index is 0.321. The van der Waals surface area contributed by atoms with Gasteiger partial charge in [-0.2, -0.15) is 0 Å². The SMILES string of the molecule is CCOC1CC(CC(O)c2ccc(C)cc2C)C1. The molecule has 0 bridgehead atoms. The van der Waals surface area contributed by atoms with Gasteiger partial charge in [-0.25, -0.2) is 0 Å². The zero-order valence-electron chi connectivity index (χ0n) is 11.6. The molecule has 1 aromatic carbocycles. The molecule has 0 aromatic heterocycles. The molecular weight excluding hydrogens is 224 g/mol. The van der Waals surface area contributed by atoms with Gasteiger partial charge in [-0.3, -0.25) is 0 Å². The Bertz CT molecular complexity index is 394. The lowest BCUT2D eigenvalue weighted by molar-refractivity contribution is -0.0380. The molecular formula is C16H24O2. The largest absolute Gasteiger partial charge is 0.388 e. The van der Waals surface area contributed by atoms with Crippen LogP contribution in [0.15, 0.2) is 18.2 Å². The van der Waals surface area contributed by atoms with E-state index in [2.05, 4.69) is 32.0 Å². The van der Waals surface area contributed by atoms with Crippen molar-refractivity contribution in [2.45, 2.75) is 52.2 Å². The summed E-state index contributed by atoms with van der Waals surface area (Å²) >= 11 is 0. The molecule has 1 N–H and O–H groups in total. The predicted molar refractivity (Wildman–Crippen MR) is 73.6 cm³/mol. The summed E-state index contributed by atoms with van der Waals surface area (Å²) in [7, 11) is 0. The summed E-state index contributed by atoms with van der Waals surface area (Å²) in [6.45, 7) is 7.01. The molecule has 1 atom stereocenters. The second-order valence-corrected chi connectivity index (χ2v) is 5.53. The van der Waals surface area contributed by atoms with Gasteiger partial charge in [0.2, 0.25) is 0 Å². The van der Waals surface area contributed by atoms with Crippen LogP contribution in [0.1, 0.15) is 49.0 Å². The third-order valence-electron chi connectivity index (χ3n) is 3.94. The van der Waals surface area contributed by atoms with Gasteiger partial charge >= 0.3 is 0 Å². The van der Waals surface area contributed by atoms with Crippen LogP contribution < -0.4 is 0 Å². The van der Waals surface area contributed by atoms with Gasteiger partial charge in [0.05, 0.1) is 12.2 Å². The number of hydrogen-bond acceptors (Lipinski definition) is 2. The lowest BCUT2D eigenvalue weighted by atomic mass is 9.77. The molecule has 0 spiro atoms. The number of hydrogen-bond donors (Lipinski definition) is 1. The summed E-state index contributed by atoms with van der Waals surface area (Å²) in [5, 5.41) is 10.3. The van der Waals surface area contributed by atoms with E-state index < -0.39 is 0 Å². The first kappa shape index (κ1) is 13.6. The Morgan fingerprint density at radius 1 is 1.33 bits per heavy atom. The number of aliphatic hydroxyl groups excluding tert-OH is 1. The number of ether oxygens (including phenoxy) is 1. The van der Waals surface area contributed by atoms with Gasteiger partial charge in [-0.15, -0.1) is 0 Å². The van der Waals surface area contributed by atoms with Crippen LogP contribution in [0, 0.1) is 19.8 Å². The van der Waals surface area contributed by atoms with Crippen LogP contribution in [-0.4, -0.2) is 17.8 Å². The first-order valence-corrected chi connectivity index (χ1v) is 6.97. The predicted octanol–water partition coefficient (Wildman–Crippen LogP) is 3.54. The maximum atomic E-state index is 10.3. The Morgan fingerprint density at radius 2 is 2.06 bits per heavy atom. The second-order valence-electron chi connectivity index (χ2n) is 5.53. The Hall–Kier alpha value is -0.860. The van der Waals surface area contributed by atoms with Crippen molar-refractivity contribution >= 4 is 0 Å². The van der Waals surface area contributed by atoms with E-state index in [1.54, 1.807) is 0 Å². The van der Waals surface area contributed by atoms with Crippen molar-refractivity contribution in [3.63, 3.8) is 0 Å². The highest BCUT2D eigenvalue weighted by molar-refractivity contribution is 5.32. The highest BCUT2D eigenvalue weighted by Crippen LogP contribution is 2.37. The summed E-state index contributed by atoms with van der Waals surface area (Å²) in [4.78, 5) is 0. The number of rotatable bonds is 5. The van der Waals surface area contributed by atoms with Crippen molar-refractivity contribution in [1.29, 1.82) is 0 Å². The van der Waals surface area contributed by atoms with Gasteiger partial charge in [-0.05, 0) is 57.1 Å². The van der Waals surface area contributed by atoms with Crippen LogP contribution in [0.2, 0.25) is 0 Å². The van der Waals surface area contributed by atoms with Crippen LogP contribution in [-0.2, 0) is 4.74 Å². The van der Waals surface area contributed by atoms with Crippen molar-refractivity contribution < 1.29 is 9.84 Å². The fourth-order valence-corrected chi connectivity index (χ4v) is 2.88. The summed E-state index contributed by atoms with van der Waals surface area (Å²) in [5.74, 6) is 0.622. The van der Waals surface area contributed by atoms with E-state index in [0.29, 0.717) is 12.0 Å². The van der Waals surface area contributed by atoms with Crippen molar-refractivity contribution in [2.75, 3.05) is 6.61 Å². The Kier molecular flexibility index (Phi) is 4.41. The first-order chi connectivity index (χ1) is 8.60. The van der Waals surface area contributed by atoms with E-state index in [4.69, 9.17) is 4.74 Å². The molecule has 2 nitrogen and oxygen atoms in total. The molecule has 0 heterocycles. The van der Waals surface area contributed by atoms with E-state index in [9.17, 15) is 5.11 Å². The summed E-state index contributed by atoms with van der Waals surface area (Å²) in [5.41, 5.74) is 3.53. The third kappa shape index (κ3) is 3.12. The fraction of sp³-hybridized carbons (Fsp3) is 0.625. The molecule has 2 heteroatoms. The molecule has 0 saturated heterocycles. The Balaban J connectivity index is 1.87. The number of aliphatic hydroxyl groups is 1. The van der Waals surface area contributed by atoms with Crippen molar-refractivity contribution in [2.24, 2.45) is 5.92 Å². The first-order valence-electron chi connectivity index (χ1n) is 6.97. The molecule has 2 rings (SSSR count). The minimum atomic E-state index is -0.321. The zero-order chi connectivity index (χ0) is 13.1. The molecule has 0 amide bonds. The van der Waals surface area contributed by atoms with Gasteiger partial charge in [0.1, 0.15) is 0 Å². The normalized spacial score (nSPS) is 24.7. The molecule has 1 aliphatic rings. The van der Waals surface area contributed by atoms with Crippen molar-refractivity contribution in [3.05, 3.63) is 34.9 Å². The van der Waals surface area contributed by atoms with E-state index in [-0.39, 0.29) is 6.10 Å². The Morgan fingerprint density at radius 3 is 2.67 bits per heavy atom. The molecule has 0 aliphatic heterocycles. The molecule has 1 unspecified atom stereocenters. The van der Waals surface area contributed by atoms with Crippen LogP contribution in [0.5, 0.6) is 0 Å². The standard InChI is InChI=1S/C16H24O2/c1-4-18-14-8-13(9-14)10-16(17)15-6-5-11(2)7-12(15)3/h5-7,13-14,16-17H,4,8-10H2,1-3H3. The summed E-state index contributed by atoms with van der Waals surface area (Å²) in [6, 6.07) is 6.28. The molecule has 18 heavy (non-hydrogen) atoms. The highest BCUT2D eigenvalue weighted by atomic mass is 16.5. The van der Waals surface area contributed by atoms with Gasteiger partial charge in [-0.1, -0.05) is 23.8 Å². The molecule has 0 radical (unpaired) electrons. The van der Waals surface area contributed by atoms with Crippen LogP contribution in [0.25, 0.3) is 0 Å². The van der Waals surface area contributed by atoms with E-state index in [0.717, 1.165) is 31.4 Å². The topological polar surface area (TPSA) is 29.5 Å². The van der Waals surface area contributed by atoms with Crippen LogP contribution in [0.4, 0.5) is 0 Å². The fourth-order valence-electron chi connectivity index (χ4n) is 2.88. The van der Waals surface area contributed by atoms with Crippen LogP contribution in [0.3, 0.4) is 0 Å². The quantitative estimate of drug-likeness (QED) is 0.863. The lowest BCUT2D eigenvalue weighted by Crippen LogP contribution is -2.32. The maximum absolute atomic E-state index is 10.3. The monoisotopic (exact) mass is 248 g/mol. The molecule has 1 aliphatic carbocycles. The smallest absolute Gasteiger partial charge is 0.0795 e. The molecule has 100 valence electrons. The van der Waals surface area contributed by atoms with Gasteiger partial charge in [0.15, 0.2) is 0 Å². The van der Waals surface area contributed by atoms with Crippen LogP contribution >= 0.6 is 0 Å². The van der Waals surface area contributed by atoms with E-state index >= 15 is 0 Å². The highest BCUT2D eigenvalue weighted by Gasteiger charge is 2.31. The average Bonchev–Trinajstić information content (AvgIpc) is 2.26. The van der Waals surface area contributed by atoms with E-state index in [1.165, 1.54) is 11.1 Å². The number of benzene rings is 1. The Labute approximate surface area is 110 Å². The molecule has 1 saturated carbocycles. The van der Waals surface area contributed by atoms with Gasteiger partial charge in [0, 0.05) is 6.61 Å². The maximum Gasteiger partial charge on any atom is 0.0795 e. The summed E-state index contributed by atoms with van der Waals surface area (Å²) < 4.78 is 5.55. The minimum Gasteiger partial charge on any atom is -0.388 e. The van der Waals surface area contributed by atoms with Gasteiger partial charge in [0.25, 0.3) is 0 Å². The number of aryl methyl sites for hydroxylation is 2. The second kappa shape index (κ2) is 5.85.